The lowest BCUT2D eigenvalue weighted by atomic mass is 10.0. The zero-order valence-electron chi connectivity index (χ0n) is 13.7. The molecule has 0 aliphatic carbocycles. The number of hydrogen-bond acceptors (Lipinski definition) is 6. The number of nitrogens with zero attached hydrogens (tertiary/aromatic N) is 2. The van der Waals surface area contributed by atoms with Crippen LogP contribution in [0.2, 0.25) is 0 Å². The predicted octanol–water partition coefficient (Wildman–Crippen LogP) is 2.24. The van der Waals surface area contributed by atoms with E-state index in [4.69, 9.17) is 4.74 Å². The third kappa shape index (κ3) is 4.55. The number of ether oxygens (including phenoxy) is 1. The van der Waals surface area contributed by atoms with Gasteiger partial charge in [0, 0.05) is 49.7 Å². The van der Waals surface area contributed by atoms with E-state index in [0.29, 0.717) is 47.9 Å². The molecule has 1 aromatic rings. The van der Waals surface area contributed by atoms with Crippen LogP contribution in [-0.4, -0.2) is 53.6 Å². The van der Waals surface area contributed by atoms with Crippen molar-refractivity contribution < 1.29 is 19.4 Å². The average Bonchev–Trinajstić information content (AvgIpc) is 2.59. The number of benzene rings is 1. The Kier molecular flexibility index (Phi) is 5.65. The molecular weight excluding hydrogens is 388 g/mol. The summed E-state index contributed by atoms with van der Waals surface area (Å²) >= 11 is 3.24. The van der Waals surface area contributed by atoms with Gasteiger partial charge in [-0.25, -0.2) is 4.99 Å². The van der Waals surface area contributed by atoms with Gasteiger partial charge in [0.05, 0.1) is 17.7 Å². The molecule has 0 atom stereocenters. The Morgan fingerprint density at radius 1 is 1.28 bits per heavy atom. The smallest absolute Gasteiger partial charge is 0.164 e. The molecule has 1 N–H and O–H groups in total. The quantitative estimate of drug-likeness (QED) is 0.810. The predicted molar refractivity (Wildman–Crippen MR) is 96.7 cm³/mol. The summed E-state index contributed by atoms with van der Waals surface area (Å²) in [7, 11) is 0. The molecule has 0 radical (unpaired) electrons. The van der Waals surface area contributed by atoms with Gasteiger partial charge in [0.2, 0.25) is 0 Å². The average molecular weight is 407 g/mol. The molecule has 2 heterocycles. The molecule has 7 heteroatoms. The number of allylic oxidation sites excluding steroid dienone is 1. The van der Waals surface area contributed by atoms with Gasteiger partial charge in [-0.1, -0.05) is 12.1 Å². The van der Waals surface area contributed by atoms with Crippen molar-refractivity contribution in [2.24, 2.45) is 4.99 Å². The zero-order valence-corrected chi connectivity index (χ0v) is 15.3. The lowest BCUT2D eigenvalue weighted by Gasteiger charge is -2.30. The Labute approximate surface area is 154 Å². The number of phenols is 1. The largest absolute Gasteiger partial charge is 0.506 e. The van der Waals surface area contributed by atoms with Gasteiger partial charge in [0.15, 0.2) is 5.78 Å². The molecule has 25 heavy (non-hydrogen) atoms. The van der Waals surface area contributed by atoms with E-state index in [1.54, 1.807) is 24.3 Å². The maximum absolute atomic E-state index is 12.4. The fraction of sp³-hybridized carbons (Fsp3) is 0.389. The van der Waals surface area contributed by atoms with Gasteiger partial charge in [-0.2, -0.15) is 0 Å². The minimum Gasteiger partial charge on any atom is -0.506 e. The van der Waals surface area contributed by atoms with E-state index in [1.807, 2.05) is 4.90 Å². The van der Waals surface area contributed by atoms with Crippen molar-refractivity contribution in [3.63, 3.8) is 0 Å². The molecule has 2 aliphatic heterocycles. The number of rotatable bonds is 5. The third-order valence-corrected chi connectivity index (χ3v) is 4.78. The number of morpholine rings is 1. The van der Waals surface area contributed by atoms with Gasteiger partial charge >= 0.3 is 0 Å². The van der Waals surface area contributed by atoms with Crippen LogP contribution in [-0.2, 0) is 20.7 Å². The molecule has 0 saturated carbocycles. The Balaban J connectivity index is 1.67. The summed E-state index contributed by atoms with van der Waals surface area (Å²) in [5.74, 6) is 0.576. The highest BCUT2D eigenvalue weighted by Crippen LogP contribution is 2.28. The Bertz CT molecular complexity index is 751. The van der Waals surface area contributed by atoms with Crippen LogP contribution in [0.5, 0.6) is 5.75 Å². The molecule has 1 fully saturated rings. The lowest BCUT2D eigenvalue weighted by Crippen LogP contribution is -2.36. The van der Waals surface area contributed by atoms with E-state index in [2.05, 4.69) is 20.9 Å². The summed E-state index contributed by atoms with van der Waals surface area (Å²) in [5.41, 5.74) is 1.14. The van der Waals surface area contributed by atoms with Gasteiger partial charge in [-0.3, -0.25) is 9.59 Å². The number of phenolic OH excluding ortho intramolecular Hbond substituents is 1. The number of aromatic hydroxyl groups is 1. The van der Waals surface area contributed by atoms with Crippen molar-refractivity contribution in [2.45, 2.75) is 19.3 Å². The number of carbonyl (C=O) groups is 2. The first-order valence-electron chi connectivity index (χ1n) is 8.14. The molecule has 3 rings (SSSR count). The van der Waals surface area contributed by atoms with Gasteiger partial charge in [-0.15, -0.1) is 0 Å². The van der Waals surface area contributed by atoms with Crippen molar-refractivity contribution >= 4 is 33.2 Å². The SMILES string of the molecule is O=C1C=C(N2CCOCC2)N=C(CC(=O)Cc2cccc(Br)c2O)C1. The second-order valence-electron chi connectivity index (χ2n) is 6.06. The van der Waals surface area contributed by atoms with E-state index < -0.39 is 0 Å². The van der Waals surface area contributed by atoms with Crippen molar-refractivity contribution in [1.82, 2.24) is 4.90 Å². The van der Waals surface area contributed by atoms with Crippen LogP contribution < -0.4 is 0 Å². The standard InChI is InChI=1S/C18H19BrN2O4/c19-16-3-1-2-12(18(16)24)8-14(22)9-13-10-15(23)11-17(20-13)21-4-6-25-7-5-21/h1-3,11,24H,4-10H2. The van der Waals surface area contributed by atoms with E-state index in [1.165, 1.54) is 0 Å². The Morgan fingerprint density at radius 3 is 2.80 bits per heavy atom. The van der Waals surface area contributed by atoms with E-state index >= 15 is 0 Å². The van der Waals surface area contributed by atoms with Crippen LogP contribution in [0.4, 0.5) is 0 Å². The number of ketones is 2. The maximum atomic E-state index is 12.4. The molecule has 6 nitrogen and oxygen atoms in total. The molecule has 0 aromatic heterocycles. The van der Waals surface area contributed by atoms with Crippen molar-refractivity contribution in [1.29, 1.82) is 0 Å². The van der Waals surface area contributed by atoms with E-state index in [9.17, 15) is 14.7 Å². The summed E-state index contributed by atoms with van der Waals surface area (Å²) in [5, 5.41) is 10.00. The lowest BCUT2D eigenvalue weighted by molar-refractivity contribution is -0.117. The topological polar surface area (TPSA) is 79.2 Å². The minimum absolute atomic E-state index is 0.0374. The fourth-order valence-corrected chi connectivity index (χ4v) is 3.30. The highest BCUT2D eigenvalue weighted by molar-refractivity contribution is 9.10. The number of hydrogen-bond donors (Lipinski definition) is 1. The summed E-state index contributed by atoms with van der Waals surface area (Å²) < 4.78 is 5.87. The first-order valence-corrected chi connectivity index (χ1v) is 8.94. The first-order chi connectivity index (χ1) is 12.0. The van der Waals surface area contributed by atoms with Crippen LogP contribution in [0.25, 0.3) is 0 Å². The van der Waals surface area contributed by atoms with Crippen molar-refractivity contribution in [3.8, 4) is 5.75 Å². The molecule has 132 valence electrons. The normalized spacial score (nSPS) is 18.0. The second kappa shape index (κ2) is 7.93. The second-order valence-corrected chi connectivity index (χ2v) is 6.92. The van der Waals surface area contributed by atoms with E-state index in [0.717, 1.165) is 0 Å². The molecule has 0 amide bonds. The number of para-hydroxylation sites is 1. The highest BCUT2D eigenvalue weighted by atomic mass is 79.9. The molecule has 2 aliphatic rings. The summed E-state index contributed by atoms with van der Waals surface area (Å²) in [4.78, 5) is 30.9. The van der Waals surface area contributed by atoms with Crippen LogP contribution in [0.1, 0.15) is 18.4 Å². The van der Waals surface area contributed by atoms with Gasteiger partial charge < -0.3 is 14.7 Å². The zero-order chi connectivity index (χ0) is 17.8. The monoisotopic (exact) mass is 406 g/mol. The van der Waals surface area contributed by atoms with Crippen LogP contribution in [0.15, 0.2) is 39.6 Å². The highest BCUT2D eigenvalue weighted by Gasteiger charge is 2.22. The molecule has 1 aromatic carbocycles. The summed E-state index contributed by atoms with van der Waals surface area (Å²) in [6, 6.07) is 5.20. The van der Waals surface area contributed by atoms with Gasteiger partial charge in [0.25, 0.3) is 0 Å². The molecule has 0 unspecified atom stereocenters. The number of halogens is 1. The van der Waals surface area contributed by atoms with Crippen molar-refractivity contribution in [2.75, 3.05) is 26.3 Å². The van der Waals surface area contributed by atoms with Crippen LogP contribution >= 0.6 is 15.9 Å². The van der Waals surface area contributed by atoms with Crippen LogP contribution in [0, 0.1) is 0 Å². The third-order valence-electron chi connectivity index (χ3n) is 4.14. The van der Waals surface area contributed by atoms with E-state index in [-0.39, 0.29) is 36.6 Å². The van der Waals surface area contributed by atoms with Gasteiger partial charge in [0.1, 0.15) is 17.4 Å². The fourth-order valence-electron chi connectivity index (χ4n) is 2.89. The van der Waals surface area contributed by atoms with Crippen molar-refractivity contribution in [3.05, 3.63) is 40.1 Å². The number of aliphatic imine (C=N–C) groups is 1. The summed E-state index contributed by atoms with van der Waals surface area (Å²) in [6.45, 7) is 2.60. The van der Waals surface area contributed by atoms with Crippen LogP contribution in [0.3, 0.4) is 0 Å². The Morgan fingerprint density at radius 2 is 2.04 bits per heavy atom. The first kappa shape index (κ1) is 17.8. The molecular formula is C18H19BrN2O4. The minimum atomic E-state index is -0.0804. The maximum Gasteiger partial charge on any atom is 0.164 e. The Hall–Kier alpha value is -1.99. The molecule has 1 saturated heterocycles. The number of Topliss-reactive ketones (excluding diaryl/α,β-unsaturated/α-hetero) is 1. The molecule has 0 bridgehead atoms. The van der Waals surface area contributed by atoms with Gasteiger partial charge in [-0.05, 0) is 22.0 Å². The number of carbonyl (C=O) groups excluding carboxylic acids is 2. The summed E-state index contributed by atoms with van der Waals surface area (Å²) in [6.07, 6.45) is 1.93. The molecule has 0 spiro atoms.